The van der Waals surface area contributed by atoms with Crippen LogP contribution in [-0.4, -0.2) is 48.4 Å². The van der Waals surface area contributed by atoms with Crippen molar-refractivity contribution in [2.24, 2.45) is 16.7 Å². The molecule has 16 heavy (non-hydrogen) atoms. The van der Waals surface area contributed by atoms with Crippen LogP contribution in [0.5, 0.6) is 0 Å². The Bertz CT molecular complexity index is 325. The average molecular weight is 222 g/mol. The van der Waals surface area contributed by atoms with E-state index in [2.05, 4.69) is 30.6 Å². The Labute approximate surface area is 97.8 Å². The Hall–Kier alpha value is -0.410. The van der Waals surface area contributed by atoms with E-state index in [0.717, 1.165) is 39.3 Å². The first kappa shape index (κ1) is 10.7. The molecule has 4 fully saturated rings. The van der Waals surface area contributed by atoms with E-state index in [4.69, 9.17) is 0 Å². The number of rotatable bonds is 2. The van der Waals surface area contributed by atoms with Crippen molar-refractivity contribution in [3.05, 3.63) is 0 Å². The fourth-order valence-corrected chi connectivity index (χ4v) is 4.29. The zero-order valence-electron chi connectivity index (χ0n) is 10.6. The van der Waals surface area contributed by atoms with E-state index >= 15 is 0 Å². The van der Waals surface area contributed by atoms with Gasteiger partial charge in [-0.3, -0.25) is 14.6 Å². The van der Waals surface area contributed by atoms with Crippen molar-refractivity contribution in [3.63, 3.8) is 0 Å². The van der Waals surface area contributed by atoms with Gasteiger partial charge in [0, 0.05) is 26.2 Å². The maximum atomic E-state index is 12.8. The van der Waals surface area contributed by atoms with E-state index in [0.29, 0.717) is 11.7 Å². The molecule has 4 aliphatic rings. The molecule has 0 spiro atoms. The number of ketones is 1. The van der Waals surface area contributed by atoms with Gasteiger partial charge in [-0.2, -0.15) is 0 Å². The molecule has 0 N–H and O–H groups in total. The molecule has 0 saturated carbocycles. The van der Waals surface area contributed by atoms with E-state index < -0.39 is 0 Å². The number of piperidine rings is 2. The van der Waals surface area contributed by atoms with Crippen molar-refractivity contribution in [1.29, 1.82) is 0 Å². The third kappa shape index (κ3) is 1.13. The topological polar surface area (TPSA) is 23.6 Å². The normalized spacial score (nSPS) is 52.1. The second-order valence-corrected chi connectivity index (χ2v) is 6.47. The summed E-state index contributed by atoms with van der Waals surface area (Å²) in [6, 6.07) is 0. The molecule has 4 rings (SSSR count). The minimum atomic E-state index is -0.0851. The highest BCUT2D eigenvalue weighted by atomic mass is 16.1. The maximum absolute atomic E-state index is 12.8. The zero-order chi connectivity index (χ0) is 11.6. The van der Waals surface area contributed by atoms with Gasteiger partial charge in [-0.05, 0) is 5.92 Å². The molecule has 4 saturated heterocycles. The lowest BCUT2D eigenvalue weighted by Crippen LogP contribution is -2.76. The minimum absolute atomic E-state index is 0.0573. The minimum Gasteiger partial charge on any atom is -0.298 e. The smallest absolute Gasteiger partial charge is 0.150 e. The highest BCUT2D eigenvalue weighted by molar-refractivity contribution is 5.93. The lowest BCUT2D eigenvalue weighted by molar-refractivity contribution is -0.188. The van der Waals surface area contributed by atoms with Crippen LogP contribution in [0, 0.1) is 16.7 Å². The van der Waals surface area contributed by atoms with E-state index in [1.54, 1.807) is 0 Å². The highest BCUT2D eigenvalue weighted by Gasteiger charge is 2.62. The van der Waals surface area contributed by atoms with Crippen LogP contribution >= 0.6 is 0 Å². The van der Waals surface area contributed by atoms with Gasteiger partial charge >= 0.3 is 0 Å². The third-order valence-electron chi connectivity index (χ3n) is 5.11. The Kier molecular flexibility index (Phi) is 2.06. The van der Waals surface area contributed by atoms with E-state index in [-0.39, 0.29) is 10.8 Å². The van der Waals surface area contributed by atoms with Crippen LogP contribution in [0.1, 0.15) is 27.2 Å². The van der Waals surface area contributed by atoms with Crippen LogP contribution in [0.4, 0.5) is 0 Å². The van der Waals surface area contributed by atoms with E-state index in [9.17, 15) is 4.79 Å². The van der Waals surface area contributed by atoms with Crippen molar-refractivity contribution >= 4 is 5.78 Å². The quantitative estimate of drug-likeness (QED) is 0.701. The third-order valence-corrected chi connectivity index (χ3v) is 5.11. The molecular formula is C13H22N2O. The molecule has 3 nitrogen and oxygen atoms in total. The van der Waals surface area contributed by atoms with Gasteiger partial charge in [0.25, 0.3) is 0 Å². The number of Topliss-reactive ketones (excluding diaryl/α,β-unsaturated/α-hetero) is 1. The fourth-order valence-electron chi connectivity index (χ4n) is 4.29. The number of hydrogen-bond donors (Lipinski definition) is 0. The molecule has 90 valence electrons. The van der Waals surface area contributed by atoms with Crippen molar-refractivity contribution in [2.75, 3.05) is 32.8 Å². The first-order valence-corrected chi connectivity index (χ1v) is 6.50. The van der Waals surface area contributed by atoms with Crippen LogP contribution in [0.3, 0.4) is 0 Å². The molecule has 0 amide bonds. The summed E-state index contributed by atoms with van der Waals surface area (Å²) in [6.45, 7) is 11.7. The summed E-state index contributed by atoms with van der Waals surface area (Å²) in [5, 5.41) is 0. The lowest BCUT2D eigenvalue weighted by atomic mass is 9.57. The summed E-state index contributed by atoms with van der Waals surface area (Å²) in [5.74, 6) is 1.08. The van der Waals surface area contributed by atoms with Crippen LogP contribution < -0.4 is 0 Å². The molecule has 4 bridgehead atoms. The summed E-state index contributed by atoms with van der Waals surface area (Å²) in [5.41, 5.74) is -0.142. The zero-order valence-corrected chi connectivity index (χ0v) is 10.6. The first-order chi connectivity index (χ1) is 7.50. The summed E-state index contributed by atoms with van der Waals surface area (Å²) in [7, 11) is 0. The highest BCUT2D eigenvalue weighted by Crippen LogP contribution is 2.50. The predicted octanol–water partition coefficient (Wildman–Crippen LogP) is 1.20. The second kappa shape index (κ2) is 3.08. The Morgan fingerprint density at radius 1 is 1.25 bits per heavy atom. The Morgan fingerprint density at radius 2 is 1.81 bits per heavy atom. The molecule has 0 aromatic rings. The summed E-state index contributed by atoms with van der Waals surface area (Å²) >= 11 is 0. The standard InChI is InChI=1S/C13H22N2O/c1-4-10(2)13-7-14-5-12(3,11(13)16)6-15(8-13)9-14/h10H,4-9H2,1-3H3. The van der Waals surface area contributed by atoms with Gasteiger partial charge in [-0.1, -0.05) is 27.2 Å². The monoisotopic (exact) mass is 222 g/mol. The fraction of sp³-hybridized carbons (Fsp3) is 0.923. The lowest BCUT2D eigenvalue weighted by Gasteiger charge is -2.63. The van der Waals surface area contributed by atoms with Crippen LogP contribution in [-0.2, 0) is 4.79 Å². The second-order valence-electron chi connectivity index (χ2n) is 6.47. The van der Waals surface area contributed by atoms with Crippen molar-refractivity contribution in [1.82, 2.24) is 9.80 Å². The average Bonchev–Trinajstić information content (AvgIpc) is 2.23. The Balaban J connectivity index is 2.03. The molecule has 0 aromatic carbocycles. The van der Waals surface area contributed by atoms with E-state index in [1.165, 1.54) is 0 Å². The van der Waals surface area contributed by atoms with Crippen LogP contribution in [0.2, 0.25) is 0 Å². The van der Waals surface area contributed by atoms with Crippen LogP contribution in [0.25, 0.3) is 0 Å². The summed E-state index contributed by atoms with van der Waals surface area (Å²) in [6.07, 6.45) is 1.11. The maximum Gasteiger partial charge on any atom is 0.150 e. The summed E-state index contributed by atoms with van der Waals surface area (Å²) < 4.78 is 0. The van der Waals surface area contributed by atoms with Gasteiger partial charge in [-0.25, -0.2) is 0 Å². The molecule has 4 heterocycles. The number of nitrogens with zero attached hydrogens (tertiary/aromatic N) is 2. The van der Waals surface area contributed by atoms with Gasteiger partial charge in [0.05, 0.1) is 17.5 Å². The first-order valence-electron chi connectivity index (χ1n) is 6.50. The predicted molar refractivity (Wildman–Crippen MR) is 63.0 cm³/mol. The van der Waals surface area contributed by atoms with Gasteiger partial charge in [0.15, 0.2) is 0 Å². The summed E-state index contributed by atoms with van der Waals surface area (Å²) in [4.78, 5) is 17.7. The molecule has 3 heteroatoms. The number of carbonyl (C=O) groups is 1. The SMILES string of the molecule is CCC(C)C12CN3CN(CC(C)(C3)C1=O)C2. The van der Waals surface area contributed by atoms with Gasteiger partial charge in [-0.15, -0.1) is 0 Å². The molecule has 3 atom stereocenters. The van der Waals surface area contributed by atoms with Crippen LogP contribution in [0.15, 0.2) is 0 Å². The molecule has 3 unspecified atom stereocenters. The van der Waals surface area contributed by atoms with Gasteiger partial charge < -0.3 is 0 Å². The largest absolute Gasteiger partial charge is 0.298 e. The van der Waals surface area contributed by atoms with Crippen molar-refractivity contribution in [2.45, 2.75) is 27.2 Å². The molecule has 0 aromatic heterocycles. The van der Waals surface area contributed by atoms with Crippen molar-refractivity contribution in [3.8, 4) is 0 Å². The number of hydrogen-bond acceptors (Lipinski definition) is 3. The molecule has 4 aliphatic heterocycles. The van der Waals surface area contributed by atoms with E-state index in [1.807, 2.05) is 0 Å². The molecule has 0 aliphatic carbocycles. The molecule has 0 radical (unpaired) electrons. The molecular weight excluding hydrogens is 200 g/mol. The van der Waals surface area contributed by atoms with Crippen molar-refractivity contribution < 1.29 is 4.79 Å². The Morgan fingerprint density at radius 3 is 2.31 bits per heavy atom. The van der Waals surface area contributed by atoms with Gasteiger partial charge in [0.1, 0.15) is 5.78 Å². The van der Waals surface area contributed by atoms with Gasteiger partial charge in [0.2, 0.25) is 0 Å². The number of carbonyl (C=O) groups excluding carboxylic acids is 1.